The van der Waals surface area contributed by atoms with Crippen molar-refractivity contribution in [3.8, 4) is 5.75 Å². The quantitative estimate of drug-likeness (QED) is 0.691. The lowest BCUT2D eigenvalue weighted by Crippen LogP contribution is -1.97. The van der Waals surface area contributed by atoms with Gasteiger partial charge in [-0.15, -0.1) is 0 Å². The van der Waals surface area contributed by atoms with Crippen molar-refractivity contribution in [2.75, 3.05) is 6.26 Å². The van der Waals surface area contributed by atoms with Crippen LogP contribution < -0.4 is 4.18 Å². The molecule has 3 nitrogen and oxygen atoms in total. The first-order valence-electron chi connectivity index (χ1n) is 3.70. The molecule has 1 rings (SSSR count). The Labute approximate surface area is 79.4 Å². The second kappa shape index (κ2) is 4.18. The molecule has 1 unspecified atom stereocenters. The Morgan fingerprint density at radius 3 is 2.62 bits per heavy atom. The molecule has 1 aromatic carbocycles. The summed E-state index contributed by atoms with van der Waals surface area (Å²) in [5.74, 6) is 0.461. The number of benzene rings is 1. The first-order valence-corrected chi connectivity index (χ1v) is 5.19. The minimum Gasteiger partial charge on any atom is -0.401 e. The van der Waals surface area contributed by atoms with Crippen LogP contribution in [-0.2, 0) is 11.1 Å². The lowest BCUT2D eigenvalue weighted by Gasteiger charge is -2.02. The van der Waals surface area contributed by atoms with Gasteiger partial charge in [-0.2, -0.15) is 0 Å². The molecule has 1 atom stereocenters. The second-order valence-electron chi connectivity index (χ2n) is 2.68. The van der Waals surface area contributed by atoms with Crippen LogP contribution in [0.5, 0.6) is 5.75 Å². The maximum Gasteiger partial charge on any atom is 0.203 e. The lowest BCUT2D eigenvalue weighted by atomic mass is 10.1. The molecule has 0 aromatic heterocycles. The topological polar surface area (TPSA) is 43.4 Å². The summed E-state index contributed by atoms with van der Waals surface area (Å²) >= 11 is -1.35. The Morgan fingerprint density at radius 1 is 1.38 bits per heavy atom. The highest BCUT2D eigenvalue weighted by atomic mass is 32.2. The fourth-order valence-corrected chi connectivity index (χ4v) is 1.40. The smallest absolute Gasteiger partial charge is 0.203 e. The van der Waals surface area contributed by atoms with Crippen LogP contribution in [0.15, 0.2) is 18.2 Å². The molecule has 0 radical (unpaired) electrons. The first kappa shape index (κ1) is 9.92. The zero-order valence-electron chi connectivity index (χ0n) is 7.44. The summed E-state index contributed by atoms with van der Waals surface area (Å²) in [7, 11) is 0. The SMILES string of the molecule is Cc1cc(C=O)cc(OS(C)=O)c1. The zero-order chi connectivity index (χ0) is 9.84. The van der Waals surface area contributed by atoms with Crippen molar-refractivity contribution in [2.45, 2.75) is 6.92 Å². The van der Waals surface area contributed by atoms with E-state index >= 15 is 0 Å². The molecule has 0 aliphatic carbocycles. The number of carbonyl (C=O) groups is 1. The molecule has 1 aromatic rings. The molecule has 0 spiro atoms. The minimum atomic E-state index is -1.35. The van der Waals surface area contributed by atoms with E-state index in [0.717, 1.165) is 11.8 Å². The van der Waals surface area contributed by atoms with Crippen LogP contribution in [0.3, 0.4) is 0 Å². The third kappa shape index (κ3) is 2.99. The first-order chi connectivity index (χ1) is 6.11. The average molecular weight is 198 g/mol. The van der Waals surface area contributed by atoms with Crippen molar-refractivity contribution in [3.05, 3.63) is 29.3 Å². The largest absolute Gasteiger partial charge is 0.401 e. The van der Waals surface area contributed by atoms with Crippen molar-refractivity contribution in [1.82, 2.24) is 0 Å². The summed E-state index contributed by atoms with van der Waals surface area (Å²) in [6.07, 6.45) is 2.17. The number of aldehydes is 1. The molecule has 70 valence electrons. The molecule has 4 heteroatoms. The number of carbonyl (C=O) groups excluding carboxylic acids is 1. The summed E-state index contributed by atoms with van der Waals surface area (Å²) in [5.41, 5.74) is 1.44. The van der Waals surface area contributed by atoms with Gasteiger partial charge >= 0.3 is 0 Å². The van der Waals surface area contributed by atoms with Crippen molar-refractivity contribution in [2.24, 2.45) is 0 Å². The van der Waals surface area contributed by atoms with Crippen LogP contribution in [0.25, 0.3) is 0 Å². The van der Waals surface area contributed by atoms with Gasteiger partial charge < -0.3 is 4.18 Å². The van der Waals surface area contributed by atoms with E-state index in [2.05, 4.69) is 0 Å². The van der Waals surface area contributed by atoms with Crippen molar-refractivity contribution in [1.29, 1.82) is 0 Å². The maximum atomic E-state index is 10.7. The van der Waals surface area contributed by atoms with Gasteiger partial charge in [-0.3, -0.25) is 4.79 Å². The Hall–Kier alpha value is -1.16. The van der Waals surface area contributed by atoms with E-state index in [4.69, 9.17) is 4.18 Å². The molecule has 0 bridgehead atoms. The van der Waals surface area contributed by atoms with E-state index < -0.39 is 11.1 Å². The van der Waals surface area contributed by atoms with Gasteiger partial charge in [-0.1, -0.05) is 0 Å². The van der Waals surface area contributed by atoms with E-state index in [1.807, 2.05) is 6.92 Å². The zero-order valence-corrected chi connectivity index (χ0v) is 8.26. The molecule has 0 N–H and O–H groups in total. The monoisotopic (exact) mass is 198 g/mol. The van der Waals surface area contributed by atoms with Crippen molar-refractivity contribution < 1.29 is 13.2 Å². The molecule has 0 saturated carbocycles. The molecule has 0 saturated heterocycles. The Balaban J connectivity index is 3.01. The van der Waals surface area contributed by atoms with Crippen LogP contribution in [0.2, 0.25) is 0 Å². The van der Waals surface area contributed by atoms with Gasteiger partial charge in [0.05, 0.1) is 0 Å². The molecule has 0 amide bonds. The third-order valence-electron chi connectivity index (χ3n) is 1.42. The maximum absolute atomic E-state index is 10.7. The average Bonchev–Trinajstić information content (AvgIpc) is 2.01. The molecule has 13 heavy (non-hydrogen) atoms. The van der Waals surface area contributed by atoms with Gasteiger partial charge in [0.15, 0.2) is 0 Å². The van der Waals surface area contributed by atoms with E-state index in [1.165, 1.54) is 6.26 Å². The highest BCUT2D eigenvalue weighted by Gasteiger charge is 2.00. The van der Waals surface area contributed by atoms with Gasteiger partial charge in [0, 0.05) is 11.8 Å². The van der Waals surface area contributed by atoms with Crippen LogP contribution in [0.1, 0.15) is 15.9 Å². The Bertz CT molecular complexity index is 347. The predicted octanol–water partition coefficient (Wildman–Crippen LogP) is 1.48. The second-order valence-corrected chi connectivity index (χ2v) is 3.65. The summed E-state index contributed by atoms with van der Waals surface area (Å²) in [6, 6.07) is 5.02. The normalized spacial score (nSPS) is 12.2. The van der Waals surface area contributed by atoms with Gasteiger partial charge in [-0.05, 0) is 30.7 Å². The number of aryl methyl sites for hydroxylation is 1. The Kier molecular flexibility index (Phi) is 3.19. The van der Waals surface area contributed by atoms with Crippen LogP contribution in [0, 0.1) is 6.92 Å². The fraction of sp³-hybridized carbons (Fsp3) is 0.222. The highest BCUT2D eigenvalue weighted by molar-refractivity contribution is 7.79. The van der Waals surface area contributed by atoms with E-state index in [9.17, 15) is 9.00 Å². The standard InChI is InChI=1S/C9H10O3S/c1-7-3-8(6-10)5-9(4-7)12-13(2)11/h3-6H,1-2H3. The predicted molar refractivity (Wildman–Crippen MR) is 51.3 cm³/mol. The van der Waals surface area contributed by atoms with Crippen LogP contribution >= 0.6 is 0 Å². The lowest BCUT2D eigenvalue weighted by molar-refractivity contribution is 0.112. The van der Waals surface area contributed by atoms with Gasteiger partial charge in [0.1, 0.15) is 12.0 Å². The summed E-state index contributed by atoms with van der Waals surface area (Å²) < 4.78 is 15.7. The summed E-state index contributed by atoms with van der Waals surface area (Å²) in [4.78, 5) is 10.5. The fourth-order valence-electron chi connectivity index (χ4n) is 1.03. The summed E-state index contributed by atoms with van der Waals surface area (Å²) in [6.45, 7) is 1.85. The van der Waals surface area contributed by atoms with Gasteiger partial charge in [0.25, 0.3) is 0 Å². The van der Waals surface area contributed by atoms with Crippen LogP contribution in [0.4, 0.5) is 0 Å². The number of rotatable bonds is 3. The van der Waals surface area contributed by atoms with E-state index in [-0.39, 0.29) is 0 Å². The molecule has 0 fully saturated rings. The Morgan fingerprint density at radius 2 is 2.08 bits per heavy atom. The molecule has 0 aliphatic heterocycles. The third-order valence-corrected chi connectivity index (χ3v) is 1.85. The van der Waals surface area contributed by atoms with Crippen molar-refractivity contribution in [3.63, 3.8) is 0 Å². The summed E-state index contributed by atoms with van der Waals surface area (Å²) in [5, 5.41) is 0. The molecule has 0 aliphatic rings. The molecular formula is C9H10O3S. The number of hydrogen-bond acceptors (Lipinski definition) is 3. The minimum absolute atomic E-state index is 0.461. The highest BCUT2D eigenvalue weighted by Crippen LogP contribution is 2.16. The van der Waals surface area contributed by atoms with E-state index in [0.29, 0.717) is 11.3 Å². The molecular weight excluding hydrogens is 188 g/mol. The van der Waals surface area contributed by atoms with E-state index in [1.54, 1.807) is 18.2 Å². The van der Waals surface area contributed by atoms with Crippen LogP contribution in [-0.4, -0.2) is 16.8 Å². The number of hydrogen-bond donors (Lipinski definition) is 0. The van der Waals surface area contributed by atoms with Gasteiger partial charge in [0.2, 0.25) is 11.1 Å². The molecule has 0 heterocycles. The van der Waals surface area contributed by atoms with Gasteiger partial charge in [-0.25, -0.2) is 4.21 Å². The van der Waals surface area contributed by atoms with Crippen molar-refractivity contribution >= 4 is 17.4 Å².